The van der Waals surface area contributed by atoms with E-state index in [4.69, 9.17) is 11.6 Å². The van der Waals surface area contributed by atoms with Gasteiger partial charge in [-0.3, -0.25) is 4.79 Å². The lowest BCUT2D eigenvalue weighted by molar-refractivity contribution is 0.0696. The Morgan fingerprint density at radius 1 is 1.16 bits per heavy atom. The minimum absolute atomic E-state index is 0.0954. The van der Waals surface area contributed by atoms with Crippen LogP contribution in [0.4, 0.5) is 5.82 Å². The quantitative estimate of drug-likeness (QED) is 0.449. The molecule has 3 aromatic rings. The maximum Gasteiger partial charge on any atom is 0.339 e. The molecule has 1 fully saturated rings. The molecule has 0 spiro atoms. The van der Waals surface area contributed by atoms with Gasteiger partial charge < -0.3 is 15.3 Å². The van der Waals surface area contributed by atoms with E-state index in [0.717, 1.165) is 11.3 Å². The molecule has 3 heterocycles. The van der Waals surface area contributed by atoms with E-state index in [-0.39, 0.29) is 59.8 Å². The van der Waals surface area contributed by atoms with Crippen LogP contribution in [0.1, 0.15) is 36.9 Å². The number of pyridine rings is 1. The first kappa shape index (κ1) is 26.6. The first-order chi connectivity index (χ1) is 17.6. The topological polar surface area (TPSA) is 144 Å². The number of hydrogen-bond acceptors (Lipinski definition) is 8. The lowest BCUT2D eigenvalue weighted by Crippen LogP contribution is -2.49. The number of carboxylic acids is 1. The molecular formula is C24H22ClN5O5S2. The number of sulfonamides is 1. The summed E-state index contributed by atoms with van der Waals surface area (Å²) in [5, 5.41) is 22.1. The molecule has 13 heteroatoms. The molecule has 0 bridgehead atoms. The van der Waals surface area contributed by atoms with Crippen LogP contribution < -0.4 is 10.2 Å². The van der Waals surface area contributed by atoms with Crippen molar-refractivity contribution in [3.8, 4) is 6.07 Å². The van der Waals surface area contributed by atoms with Crippen LogP contribution in [-0.2, 0) is 16.6 Å². The number of carboxylic acid groups (broad SMARTS) is 1. The van der Waals surface area contributed by atoms with Crippen molar-refractivity contribution in [3.63, 3.8) is 0 Å². The highest BCUT2D eigenvalue weighted by Gasteiger charge is 2.31. The third-order valence-corrected chi connectivity index (χ3v) is 9.55. The van der Waals surface area contributed by atoms with Gasteiger partial charge in [-0.15, -0.1) is 11.3 Å². The highest BCUT2D eigenvalue weighted by molar-refractivity contribution is 7.91. The molecule has 2 aromatic heterocycles. The highest BCUT2D eigenvalue weighted by atomic mass is 35.5. The number of piperazine rings is 1. The third-order valence-electron chi connectivity index (χ3n) is 5.84. The molecular weight excluding hydrogens is 538 g/mol. The predicted octanol–water partition coefficient (Wildman–Crippen LogP) is 3.12. The van der Waals surface area contributed by atoms with Crippen molar-refractivity contribution in [2.24, 2.45) is 0 Å². The molecule has 1 aliphatic rings. The number of halogens is 1. The maximum absolute atomic E-state index is 13.2. The summed E-state index contributed by atoms with van der Waals surface area (Å²) in [5.74, 6) is -1.28. The summed E-state index contributed by atoms with van der Waals surface area (Å²) >= 11 is 6.93. The van der Waals surface area contributed by atoms with Gasteiger partial charge in [0.15, 0.2) is 0 Å². The molecule has 0 unspecified atom stereocenters. The van der Waals surface area contributed by atoms with E-state index in [1.165, 1.54) is 16.4 Å². The van der Waals surface area contributed by atoms with E-state index in [1.54, 1.807) is 42.2 Å². The second-order valence-electron chi connectivity index (χ2n) is 8.21. The highest BCUT2D eigenvalue weighted by Crippen LogP contribution is 2.28. The first-order valence-corrected chi connectivity index (χ1v) is 13.8. The van der Waals surface area contributed by atoms with E-state index < -0.39 is 16.0 Å². The largest absolute Gasteiger partial charge is 0.478 e. The number of rotatable bonds is 7. The van der Waals surface area contributed by atoms with E-state index >= 15 is 0 Å². The van der Waals surface area contributed by atoms with Crippen molar-refractivity contribution >= 4 is 50.7 Å². The fourth-order valence-electron chi connectivity index (χ4n) is 3.83. The van der Waals surface area contributed by atoms with E-state index in [1.807, 2.05) is 6.07 Å². The normalized spacial score (nSPS) is 14.2. The molecule has 10 nitrogen and oxygen atoms in total. The number of amides is 1. The Bertz CT molecular complexity index is 1490. The molecule has 0 aliphatic carbocycles. The van der Waals surface area contributed by atoms with Gasteiger partial charge in [-0.05, 0) is 49.4 Å². The van der Waals surface area contributed by atoms with E-state index in [0.29, 0.717) is 21.2 Å². The summed E-state index contributed by atoms with van der Waals surface area (Å²) in [5.41, 5.74) is 0.943. The number of nitrogens with zero attached hydrogens (tertiary/aromatic N) is 4. The standard InChI is InChI=1S/C24H22ClN5O5S2/c1-15-17(13-26)12-20(24(32)33)22(28-15)29-8-10-30(11-9-29)37(34,35)21-7-6-19(36-21)14-27-23(31)16-2-4-18(25)5-3-16/h2-7,12H,8-11,14H2,1H3,(H,27,31)(H,32,33). The number of aryl methyl sites for hydroxylation is 1. The minimum atomic E-state index is -3.77. The number of carbonyl (C=O) groups excluding carboxylic acids is 1. The molecule has 1 aromatic carbocycles. The molecule has 1 saturated heterocycles. The summed E-state index contributed by atoms with van der Waals surface area (Å²) in [7, 11) is -3.77. The van der Waals surface area contributed by atoms with Crippen LogP contribution in [0, 0.1) is 18.3 Å². The Morgan fingerprint density at radius 2 is 1.84 bits per heavy atom. The second kappa shape index (κ2) is 10.9. The molecule has 4 rings (SSSR count). The van der Waals surface area contributed by atoms with E-state index in [9.17, 15) is 28.4 Å². The molecule has 37 heavy (non-hydrogen) atoms. The third kappa shape index (κ3) is 5.75. The van der Waals surface area contributed by atoms with Crippen LogP contribution >= 0.6 is 22.9 Å². The molecule has 192 valence electrons. The Kier molecular flexibility index (Phi) is 7.79. The molecule has 2 N–H and O–H groups in total. The van der Waals surface area contributed by atoms with Crippen molar-refractivity contribution in [1.29, 1.82) is 5.26 Å². The number of carbonyl (C=O) groups is 2. The van der Waals surface area contributed by atoms with Crippen LogP contribution in [0.3, 0.4) is 0 Å². The smallest absolute Gasteiger partial charge is 0.339 e. The maximum atomic E-state index is 13.2. The Morgan fingerprint density at radius 3 is 2.46 bits per heavy atom. The Balaban J connectivity index is 1.41. The lowest BCUT2D eigenvalue weighted by atomic mass is 10.1. The van der Waals surface area contributed by atoms with Crippen LogP contribution in [0.25, 0.3) is 0 Å². The number of benzene rings is 1. The first-order valence-electron chi connectivity index (χ1n) is 11.1. The van der Waals surface area contributed by atoms with E-state index in [2.05, 4.69) is 10.3 Å². The van der Waals surface area contributed by atoms with Crippen molar-refractivity contribution in [3.05, 3.63) is 74.7 Å². The van der Waals surface area contributed by atoms with Crippen molar-refractivity contribution in [2.75, 3.05) is 31.1 Å². The van der Waals surface area contributed by atoms with Gasteiger partial charge in [0.1, 0.15) is 21.7 Å². The average Bonchev–Trinajstić information content (AvgIpc) is 3.37. The van der Waals surface area contributed by atoms with Crippen molar-refractivity contribution in [2.45, 2.75) is 17.7 Å². The predicted molar refractivity (Wildman–Crippen MR) is 139 cm³/mol. The van der Waals surface area contributed by atoms with Gasteiger partial charge in [-0.1, -0.05) is 11.6 Å². The summed E-state index contributed by atoms with van der Waals surface area (Å²) < 4.78 is 28.0. The SMILES string of the molecule is Cc1nc(N2CCN(S(=O)(=O)c3ccc(CNC(=O)c4ccc(Cl)cc4)s3)CC2)c(C(=O)O)cc1C#N. The van der Waals surface area contributed by atoms with Crippen LogP contribution in [-0.4, -0.2) is 60.9 Å². The number of thiophene rings is 1. The van der Waals surface area contributed by atoms with Gasteiger partial charge in [0.2, 0.25) is 0 Å². The summed E-state index contributed by atoms with van der Waals surface area (Å²) in [4.78, 5) is 30.8. The fraction of sp³-hybridized carbons (Fsp3) is 0.250. The van der Waals surface area contributed by atoms with Gasteiger partial charge in [0.25, 0.3) is 15.9 Å². The Labute approximate surface area is 222 Å². The summed E-state index contributed by atoms with van der Waals surface area (Å²) in [6.07, 6.45) is 0. The molecule has 1 amide bonds. The Hall–Kier alpha value is -3.50. The van der Waals surface area contributed by atoms with Gasteiger partial charge in [-0.2, -0.15) is 9.57 Å². The lowest BCUT2D eigenvalue weighted by Gasteiger charge is -2.35. The molecule has 1 aliphatic heterocycles. The van der Waals surface area contributed by atoms with Crippen LogP contribution in [0.5, 0.6) is 0 Å². The van der Waals surface area contributed by atoms with Crippen LogP contribution in [0.2, 0.25) is 5.02 Å². The van der Waals surface area contributed by atoms with Crippen molar-refractivity contribution < 1.29 is 23.1 Å². The monoisotopic (exact) mass is 559 g/mol. The zero-order valence-corrected chi connectivity index (χ0v) is 22.0. The number of aromatic carboxylic acids is 1. The van der Waals surface area contributed by atoms with Gasteiger partial charge in [-0.25, -0.2) is 18.2 Å². The summed E-state index contributed by atoms with van der Waals surface area (Å²) in [6.45, 7) is 2.57. The second-order valence-corrected chi connectivity index (χ2v) is 12.0. The molecule has 0 atom stereocenters. The van der Waals surface area contributed by atoms with Crippen molar-refractivity contribution in [1.82, 2.24) is 14.6 Å². The molecule has 0 saturated carbocycles. The zero-order chi connectivity index (χ0) is 26.7. The number of nitriles is 1. The van der Waals surface area contributed by atoms with Crippen LogP contribution in [0.15, 0.2) is 46.7 Å². The number of nitrogens with one attached hydrogen (secondary N) is 1. The number of aromatic nitrogens is 1. The summed E-state index contributed by atoms with van der Waals surface area (Å²) in [6, 6.07) is 12.9. The van der Waals surface area contributed by atoms with Gasteiger partial charge >= 0.3 is 5.97 Å². The molecule has 0 radical (unpaired) electrons. The number of anilines is 1. The average molecular weight is 560 g/mol. The minimum Gasteiger partial charge on any atom is -0.478 e. The van der Waals surface area contributed by atoms with Gasteiger partial charge in [0, 0.05) is 41.6 Å². The fourth-order valence-corrected chi connectivity index (χ4v) is 6.83. The van der Waals surface area contributed by atoms with Gasteiger partial charge in [0.05, 0.1) is 17.8 Å². The zero-order valence-electron chi connectivity index (χ0n) is 19.6. The number of hydrogen-bond donors (Lipinski definition) is 2.